The van der Waals surface area contributed by atoms with Gasteiger partial charge in [0, 0.05) is 30.6 Å². The van der Waals surface area contributed by atoms with Crippen LogP contribution in [0.5, 0.6) is 0 Å². The number of nitrogens with zero attached hydrogens (tertiary/aromatic N) is 2. The molecule has 1 saturated carbocycles. The zero-order valence-electron chi connectivity index (χ0n) is 13.4. The lowest BCUT2D eigenvalue weighted by molar-refractivity contribution is -0.116. The number of amides is 1. The zero-order valence-corrected chi connectivity index (χ0v) is 14.2. The Hall–Kier alpha value is -2.28. The Bertz CT molecular complexity index is 835. The van der Waals surface area contributed by atoms with Crippen molar-refractivity contribution in [1.82, 2.24) is 20.1 Å². The average molecular weight is 346 g/mol. The van der Waals surface area contributed by atoms with Crippen LogP contribution in [0.3, 0.4) is 0 Å². The molecule has 0 atom stereocenters. The summed E-state index contributed by atoms with van der Waals surface area (Å²) in [6.45, 7) is 2.72. The first-order valence-corrected chi connectivity index (χ1v) is 8.33. The van der Waals surface area contributed by atoms with Crippen molar-refractivity contribution in [3.63, 3.8) is 0 Å². The molecule has 1 heterocycles. The van der Waals surface area contributed by atoms with Crippen LogP contribution in [-0.4, -0.2) is 27.2 Å². The van der Waals surface area contributed by atoms with Crippen molar-refractivity contribution in [1.29, 1.82) is 0 Å². The molecule has 5 nitrogen and oxygen atoms in total. The molecule has 7 heteroatoms. The highest BCUT2D eigenvalue weighted by Crippen LogP contribution is 2.38. The number of carbonyl (C=O) groups is 1. The molecule has 1 amide bonds. The molecule has 0 spiro atoms. The fourth-order valence-electron chi connectivity index (χ4n) is 2.60. The Kier molecular flexibility index (Phi) is 4.89. The van der Waals surface area contributed by atoms with Crippen LogP contribution in [0.1, 0.15) is 37.1 Å². The summed E-state index contributed by atoms with van der Waals surface area (Å²) < 4.78 is 16.2. The monoisotopic (exact) mass is 346 g/mol. The Morgan fingerprint density at radius 2 is 2.25 bits per heavy atom. The standard InChI is InChI=1S/C17H19FN4OS/c1-11(13-4-2-3-5-14(13)18)10-15(23)19-8-9-22-16(12-6-7-12)20-21-17(22)24/h2-5,10,12H,6-9H2,1H3,(H,19,23)(H,21,24)/b11-10-. The second-order valence-electron chi connectivity index (χ2n) is 5.91. The number of allylic oxidation sites excluding steroid dienone is 1. The third kappa shape index (κ3) is 3.79. The largest absolute Gasteiger partial charge is 0.351 e. The van der Waals surface area contributed by atoms with Gasteiger partial charge in [-0.25, -0.2) is 4.39 Å². The molecule has 2 aromatic rings. The molecule has 3 rings (SSSR count). The van der Waals surface area contributed by atoms with E-state index >= 15 is 0 Å². The van der Waals surface area contributed by atoms with Gasteiger partial charge in [-0.2, -0.15) is 5.10 Å². The van der Waals surface area contributed by atoms with Crippen LogP contribution in [0.25, 0.3) is 5.57 Å². The molecule has 0 aliphatic heterocycles. The van der Waals surface area contributed by atoms with Crippen molar-refractivity contribution in [2.75, 3.05) is 6.54 Å². The number of nitrogens with one attached hydrogen (secondary N) is 2. The second kappa shape index (κ2) is 7.09. The lowest BCUT2D eigenvalue weighted by Gasteiger charge is -2.07. The minimum atomic E-state index is -0.335. The molecule has 126 valence electrons. The molecule has 1 aliphatic rings. The molecule has 24 heavy (non-hydrogen) atoms. The van der Waals surface area contributed by atoms with Crippen molar-refractivity contribution in [2.24, 2.45) is 0 Å². The van der Waals surface area contributed by atoms with Gasteiger partial charge in [-0.1, -0.05) is 18.2 Å². The molecule has 1 aliphatic carbocycles. The van der Waals surface area contributed by atoms with Crippen LogP contribution in [0.2, 0.25) is 0 Å². The predicted molar refractivity (Wildman–Crippen MR) is 92.4 cm³/mol. The lowest BCUT2D eigenvalue weighted by atomic mass is 10.1. The van der Waals surface area contributed by atoms with Gasteiger partial charge in [-0.3, -0.25) is 9.89 Å². The van der Waals surface area contributed by atoms with Gasteiger partial charge < -0.3 is 9.88 Å². The maximum absolute atomic E-state index is 13.7. The summed E-state index contributed by atoms with van der Waals surface area (Å²) in [6.07, 6.45) is 3.68. The number of benzene rings is 1. The van der Waals surface area contributed by atoms with Gasteiger partial charge in [-0.15, -0.1) is 0 Å². The smallest absolute Gasteiger partial charge is 0.244 e. The van der Waals surface area contributed by atoms with E-state index < -0.39 is 0 Å². The van der Waals surface area contributed by atoms with E-state index in [4.69, 9.17) is 12.2 Å². The fraction of sp³-hybridized carbons (Fsp3) is 0.353. The van der Waals surface area contributed by atoms with Crippen molar-refractivity contribution in [3.8, 4) is 0 Å². The zero-order chi connectivity index (χ0) is 17.1. The summed E-state index contributed by atoms with van der Waals surface area (Å²) >= 11 is 5.23. The number of aromatic amines is 1. The highest BCUT2D eigenvalue weighted by molar-refractivity contribution is 7.71. The quantitative estimate of drug-likeness (QED) is 0.624. The molecule has 2 N–H and O–H groups in total. The number of carbonyl (C=O) groups excluding carboxylic acids is 1. The predicted octanol–water partition coefficient (Wildman–Crippen LogP) is 3.18. The van der Waals surface area contributed by atoms with Crippen molar-refractivity contribution >= 4 is 23.7 Å². The number of hydrogen-bond donors (Lipinski definition) is 2. The number of hydrogen-bond acceptors (Lipinski definition) is 3. The summed E-state index contributed by atoms with van der Waals surface area (Å²) in [5, 5.41) is 9.87. The first-order chi connectivity index (χ1) is 11.6. The Morgan fingerprint density at radius 3 is 2.96 bits per heavy atom. The van der Waals surface area contributed by atoms with Gasteiger partial charge in [0.25, 0.3) is 0 Å². The van der Waals surface area contributed by atoms with Crippen LogP contribution in [0.15, 0.2) is 30.3 Å². The van der Waals surface area contributed by atoms with Crippen LogP contribution < -0.4 is 5.32 Å². The summed E-state index contributed by atoms with van der Waals surface area (Å²) in [5.41, 5.74) is 1.02. The summed E-state index contributed by atoms with van der Waals surface area (Å²) in [6, 6.07) is 6.40. The summed E-state index contributed by atoms with van der Waals surface area (Å²) in [4.78, 5) is 12.0. The van der Waals surface area contributed by atoms with Gasteiger partial charge >= 0.3 is 0 Å². The van der Waals surface area contributed by atoms with E-state index in [1.54, 1.807) is 25.1 Å². The number of H-pyrrole nitrogens is 1. The highest BCUT2D eigenvalue weighted by Gasteiger charge is 2.28. The van der Waals surface area contributed by atoms with E-state index in [9.17, 15) is 9.18 Å². The van der Waals surface area contributed by atoms with E-state index in [0.717, 1.165) is 18.7 Å². The van der Waals surface area contributed by atoms with Crippen LogP contribution in [0.4, 0.5) is 4.39 Å². The maximum Gasteiger partial charge on any atom is 0.244 e. The average Bonchev–Trinajstić information content (AvgIpc) is 3.32. The number of aromatic nitrogens is 3. The van der Waals surface area contributed by atoms with E-state index in [2.05, 4.69) is 15.5 Å². The molecule has 0 radical (unpaired) electrons. The molecule has 1 fully saturated rings. The minimum absolute atomic E-state index is 0.251. The van der Waals surface area contributed by atoms with Crippen molar-refractivity contribution in [2.45, 2.75) is 32.2 Å². The Labute approximate surface area is 144 Å². The van der Waals surface area contributed by atoms with Crippen molar-refractivity contribution < 1.29 is 9.18 Å². The van der Waals surface area contributed by atoms with Crippen LogP contribution in [0, 0.1) is 10.6 Å². The minimum Gasteiger partial charge on any atom is -0.351 e. The van der Waals surface area contributed by atoms with Crippen LogP contribution in [-0.2, 0) is 11.3 Å². The van der Waals surface area contributed by atoms with E-state index in [0.29, 0.717) is 34.9 Å². The third-order valence-electron chi connectivity index (χ3n) is 4.01. The third-order valence-corrected chi connectivity index (χ3v) is 4.32. The summed E-state index contributed by atoms with van der Waals surface area (Å²) in [7, 11) is 0. The molecule has 0 saturated heterocycles. The highest BCUT2D eigenvalue weighted by atomic mass is 32.1. The maximum atomic E-state index is 13.7. The molecule has 1 aromatic carbocycles. The summed E-state index contributed by atoms with van der Waals surface area (Å²) in [5.74, 6) is 0.862. The Balaban J connectivity index is 1.58. The van der Waals surface area contributed by atoms with E-state index in [1.807, 2.05) is 4.57 Å². The lowest BCUT2D eigenvalue weighted by Crippen LogP contribution is -2.26. The molecule has 0 unspecified atom stereocenters. The van der Waals surface area contributed by atoms with Crippen LogP contribution >= 0.6 is 12.2 Å². The van der Waals surface area contributed by atoms with Gasteiger partial charge in [0.15, 0.2) is 4.77 Å². The molecule has 1 aromatic heterocycles. The fourth-order valence-corrected chi connectivity index (χ4v) is 2.83. The number of rotatable bonds is 6. The van der Waals surface area contributed by atoms with E-state index in [-0.39, 0.29) is 11.7 Å². The Morgan fingerprint density at radius 1 is 1.50 bits per heavy atom. The first-order valence-electron chi connectivity index (χ1n) is 7.92. The molecule has 0 bridgehead atoms. The van der Waals surface area contributed by atoms with Gasteiger partial charge in [0.05, 0.1) is 0 Å². The first kappa shape index (κ1) is 16.6. The topological polar surface area (TPSA) is 62.7 Å². The second-order valence-corrected chi connectivity index (χ2v) is 6.30. The molecular formula is C17H19FN4OS. The van der Waals surface area contributed by atoms with Crippen molar-refractivity contribution in [3.05, 3.63) is 52.3 Å². The van der Waals surface area contributed by atoms with Gasteiger partial charge in [0.1, 0.15) is 11.6 Å². The molecular weight excluding hydrogens is 327 g/mol. The SMILES string of the molecule is C/C(=C/C(=O)NCCn1c(C2CC2)n[nH]c1=S)c1ccccc1F. The normalized spacial score (nSPS) is 14.7. The van der Waals surface area contributed by atoms with Gasteiger partial charge in [0.2, 0.25) is 5.91 Å². The number of halogens is 1. The van der Waals surface area contributed by atoms with E-state index in [1.165, 1.54) is 12.1 Å². The van der Waals surface area contributed by atoms with Gasteiger partial charge in [-0.05, 0) is 43.6 Å².